The van der Waals surface area contributed by atoms with E-state index in [4.69, 9.17) is 11.6 Å². The maximum atomic E-state index is 13.0. The second-order valence-electron chi connectivity index (χ2n) is 6.32. The Balaban J connectivity index is 1.77. The Kier molecular flexibility index (Phi) is 7.26. The SMILES string of the molecule is O=C(Nc1ccc(Br)cc1C(=O)N/N=C\c1ccc(Cl)c(C(F)(F)F)c1)c1cccnc1. The molecule has 0 bridgehead atoms. The third-order valence-electron chi connectivity index (χ3n) is 4.07. The van der Waals surface area contributed by atoms with E-state index in [1.54, 1.807) is 18.2 Å². The molecule has 0 aliphatic rings. The van der Waals surface area contributed by atoms with E-state index in [0.29, 0.717) is 10.0 Å². The van der Waals surface area contributed by atoms with Gasteiger partial charge in [-0.2, -0.15) is 18.3 Å². The fourth-order valence-electron chi connectivity index (χ4n) is 2.57. The number of amides is 2. The number of anilines is 1. The molecule has 32 heavy (non-hydrogen) atoms. The van der Waals surface area contributed by atoms with Crippen molar-refractivity contribution >= 4 is 51.2 Å². The lowest BCUT2D eigenvalue weighted by Gasteiger charge is -2.11. The predicted octanol–water partition coefficient (Wildman–Crippen LogP) is 5.53. The third kappa shape index (κ3) is 5.92. The molecule has 0 atom stereocenters. The van der Waals surface area contributed by atoms with Crippen molar-refractivity contribution in [1.29, 1.82) is 0 Å². The van der Waals surface area contributed by atoms with Crippen LogP contribution in [-0.4, -0.2) is 23.0 Å². The van der Waals surface area contributed by atoms with Gasteiger partial charge in [-0.3, -0.25) is 14.6 Å². The zero-order chi connectivity index (χ0) is 23.3. The average Bonchev–Trinajstić information content (AvgIpc) is 2.75. The highest BCUT2D eigenvalue weighted by Gasteiger charge is 2.33. The van der Waals surface area contributed by atoms with Crippen LogP contribution in [0.3, 0.4) is 0 Å². The van der Waals surface area contributed by atoms with Crippen molar-refractivity contribution in [1.82, 2.24) is 10.4 Å². The van der Waals surface area contributed by atoms with Gasteiger partial charge in [-0.25, -0.2) is 5.43 Å². The van der Waals surface area contributed by atoms with Gasteiger partial charge in [0.2, 0.25) is 0 Å². The van der Waals surface area contributed by atoms with Crippen LogP contribution in [0.5, 0.6) is 0 Å². The number of nitrogens with one attached hydrogen (secondary N) is 2. The van der Waals surface area contributed by atoms with Crippen molar-refractivity contribution in [3.05, 3.63) is 92.7 Å². The van der Waals surface area contributed by atoms with E-state index < -0.39 is 28.6 Å². The van der Waals surface area contributed by atoms with Crippen molar-refractivity contribution in [2.24, 2.45) is 5.10 Å². The van der Waals surface area contributed by atoms with Crippen molar-refractivity contribution < 1.29 is 22.8 Å². The molecule has 0 saturated heterocycles. The number of hydrogen-bond acceptors (Lipinski definition) is 4. The Bertz CT molecular complexity index is 1190. The molecule has 6 nitrogen and oxygen atoms in total. The predicted molar refractivity (Wildman–Crippen MR) is 118 cm³/mol. The van der Waals surface area contributed by atoms with Crippen LogP contribution in [0.2, 0.25) is 5.02 Å². The molecule has 2 N–H and O–H groups in total. The number of benzene rings is 2. The van der Waals surface area contributed by atoms with Crippen LogP contribution in [0.25, 0.3) is 0 Å². The second kappa shape index (κ2) is 9.92. The molecular weight excluding hydrogens is 513 g/mol. The molecule has 0 spiro atoms. The number of pyridine rings is 1. The molecule has 3 rings (SSSR count). The zero-order valence-corrected chi connectivity index (χ0v) is 18.3. The highest BCUT2D eigenvalue weighted by Crippen LogP contribution is 2.34. The van der Waals surface area contributed by atoms with Gasteiger partial charge in [-0.15, -0.1) is 0 Å². The standard InChI is InChI=1S/C21H13BrClF3N4O2/c22-14-4-6-18(29-19(31)13-2-1-7-27-11-13)15(9-14)20(32)30-28-10-12-3-5-17(23)16(8-12)21(24,25)26/h1-11H,(H,29,31)(H,30,32)/b28-10-. The zero-order valence-electron chi connectivity index (χ0n) is 16.0. The van der Waals surface area contributed by atoms with Gasteiger partial charge in [-0.05, 0) is 48.0 Å². The summed E-state index contributed by atoms with van der Waals surface area (Å²) in [5, 5.41) is 5.88. The van der Waals surface area contributed by atoms with Crippen LogP contribution >= 0.6 is 27.5 Å². The Morgan fingerprint density at radius 2 is 1.88 bits per heavy atom. The van der Waals surface area contributed by atoms with Gasteiger partial charge < -0.3 is 5.32 Å². The monoisotopic (exact) mass is 524 g/mol. The quantitative estimate of drug-likeness (QED) is 0.339. The highest BCUT2D eigenvalue weighted by molar-refractivity contribution is 9.10. The molecule has 0 aliphatic heterocycles. The van der Waals surface area contributed by atoms with Crippen molar-refractivity contribution in [2.45, 2.75) is 6.18 Å². The van der Waals surface area contributed by atoms with Gasteiger partial charge in [0, 0.05) is 16.9 Å². The second-order valence-corrected chi connectivity index (χ2v) is 7.64. The summed E-state index contributed by atoms with van der Waals surface area (Å²) >= 11 is 8.84. The lowest BCUT2D eigenvalue weighted by atomic mass is 10.1. The Morgan fingerprint density at radius 3 is 2.56 bits per heavy atom. The lowest BCUT2D eigenvalue weighted by molar-refractivity contribution is -0.137. The molecule has 0 fully saturated rings. The van der Waals surface area contributed by atoms with E-state index in [0.717, 1.165) is 18.3 Å². The molecule has 0 unspecified atom stereocenters. The van der Waals surface area contributed by atoms with Gasteiger partial charge in [0.05, 0.1) is 33.6 Å². The molecule has 2 amide bonds. The van der Waals surface area contributed by atoms with Gasteiger partial charge in [-0.1, -0.05) is 33.6 Å². The van der Waals surface area contributed by atoms with Crippen LogP contribution < -0.4 is 10.7 Å². The van der Waals surface area contributed by atoms with E-state index in [1.807, 2.05) is 0 Å². The molecule has 1 heterocycles. The minimum absolute atomic E-state index is 0.0841. The first-order valence-corrected chi connectivity index (χ1v) is 10.0. The molecule has 2 aromatic carbocycles. The summed E-state index contributed by atoms with van der Waals surface area (Å²) in [7, 11) is 0. The van der Waals surface area contributed by atoms with Crippen LogP contribution in [0.1, 0.15) is 31.8 Å². The minimum Gasteiger partial charge on any atom is -0.321 e. The van der Waals surface area contributed by atoms with E-state index in [1.165, 1.54) is 30.6 Å². The Labute approximate surface area is 193 Å². The summed E-state index contributed by atoms with van der Waals surface area (Å²) in [5.74, 6) is -1.16. The van der Waals surface area contributed by atoms with E-state index in [-0.39, 0.29) is 16.8 Å². The van der Waals surface area contributed by atoms with E-state index in [2.05, 4.69) is 36.8 Å². The molecule has 3 aromatic rings. The molecular formula is C21H13BrClF3N4O2. The number of carbonyl (C=O) groups excluding carboxylic acids is 2. The summed E-state index contributed by atoms with van der Waals surface area (Å²) in [6, 6.07) is 11.0. The number of aromatic nitrogens is 1. The number of hydrazone groups is 1. The number of alkyl halides is 3. The number of carbonyl (C=O) groups is 2. The van der Waals surface area contributed by atoms with Gasteiger partial charge in [0.15, 0.2) is 0 Å². The number of hydrogen-bond donors (Lipinski definition) is 2. The first-order chi connectivity index (χ1) is 15.1. The van der Waals surface area contributed by atoms with Crippen LogP contribution in [0.4, 0.5) is 18.9 Å². The lowest BCUT2D eigenvalue weighted by Crippen LogP contribution is -2.21. The van der Waals surface area contributed by atoms with Crippen molar-refractivity contribution in [2.75, 3.05) is 5.32 Å². The summed E-state index contributed by atoms with van der Waals surface area (Å²) in [6.45, 7) is 0. The fraction of sp³-hybridized carbons (Fsp3) is 0.0476. The molecule has 164 valence electrons. The summed E-state index contributed by atoms with van der Waals surface area (Å²) in [6.07, 6.45) is -0.678. The molecule has 11 heteroatoms. The van der Waals surface area contributed by atoms with Crippen LogP contribution in [0, 0.1) is 0 Å². The fourth-order valence-corrected chi connectivity index (χ4v) is 3.16. The topological polar surface area (TPSA) is 83.5 Å². The van der Waals surface area contributed by atoms with E-state index in [9.17, 15) is 22.8 Å². The average molecular weight is 526 g/mol. The van der Waals surface area contributed by atoms with Crippen molar-refractivity contribution in [3.8, 4) is 0 Å². The maximum Gasteiger partial charge on any atom is 0.417 e. The van der Waals surface area contributed by atoms with Crippen LogP contribution in [-0.2, 0) is 6.18 Å². The Hall–Kier alpha value is -3.24. The third-order valence-corrected chi connectivity index (χ3v) is 4.90. The maximum absolute atomic E-state index is 13.0. The Morgan fingerprint density at radius 1 is 1.09 bits per heavy atom. The minimum atomic E-state index is -4.62. The highest BCUT2D eigenvalue weighted by atomic mass is 79.9. The number of nitrogens with zero attached hydrogens (tertiary/aromatic N) is 2. The molecule has 0 saturated carbocycles. The summed E-state index contributed by atoms with van der Waals surface area (Å²) in [5.41, 5.74) is 1.89. The first-order valence-electron chi connectivity index (χ1n) is 8.86. The summed E-state index contributed by atoms with van der Waals surface area (Å²) in [4.78, 5) is 28.9. The molecule has 0 radical (unpaired) electrons. The van der Waals surface area contributed by atoms with E-state index >= 15 is 0 Å². The van der Waals surface area contributed by atoms with Gasteiger partial charge in [0.1, 0.15) is 0 Å². The normalized spacial score (nSPS) is 11.4. The van der Waals surface area contributed by atoms with Crippen molar-refractivity contribution in [3.63, 3.8) is 0 Å². The number of rotatable bonds is 5. The van der Waals surface area contributed by atoms with Crippen LogP contribution in [0.15, 0.2) is 70.5 Å². The van der Waals surface area contributed by atoms with Gasteiger partial charge in [0.25, 0.3) is 11.8 Å². The summed E-state index contributed by atoms with van der Waals surface area (Å²) < 4.78 is 39.5. The molecule has 1 aromatic heterocycles. The first kappa shape index (κ1) is 23.4. The molecule has 0 aliphatic carbocycles. The number of halogens is 5. The van der Waals surface area contributed by atoms with Gasteiger partial charge >= 0.3 is 6.18 Å². The smallest absolute Gasteiger partial charge is 0.321 e. The largest absolute Gasteiger partial charge is 0.417 e.